The molecule has 0 saturated heterocycles. The summed E-state index contributed by atoms with van der Waals surface area (Å²) in [4.78, 5) is 2.41. The molecular formula is C59H39N3O2. The van der Waals surface area contributed by atoms with Crippen LogP contribution in [0.1, 0.15) is 16.8 Å². The van der Waals surface area contributed by atoms with E-state index in [2.05, 4.69) is 221 Å². The van der Waals surface area contributed by atoms with Crippen molar-refractivity contribution >= 4 is 73.0 Å². The lowest BCUT2D eigenvalue weighted by atomic mass is 9.98. The van der Waals surface area contributed by atoms with Crippen molar-refractivity contribution in [2.24, 2.45) is 0 Å². The fourth-order valence-electron chi connectivity index (χ4n) is 10.0. The van der Waals surface area contributed by atoms with Gasteiger partial charge >= 0.3 is 0 Å². The van der Waals surface area contributed by atoms with Gasteiger partial charge in [0.1, 0.15) is 22.7 Å². The van der Waals surface area contributed by atoms with Crippen LogP contribution in [0, 0.1) is 6.92 Å². The van der Waals surface area contributed by atoms with Gasteiger partial charge in [-0.25, -0.2) is 0 Å². The summed E-state index contributed by atoms with van der Waals surface area (Å²) in [5.74, 6) is 1.64. The molecule has 0 spiro atoms. The molecule has 11 aromatic rings. The molecule has 5 nitrogen and oxygen atoms in total. The van der Waals surface area contributed by atoms with Crippen LogP contribution in [0.5, 0.6) is 11.5 Å². The second kappa shape index (κ2) is 14.3. The second-order valence-corrected chi connectivity index (χ2v) is 16.6. The summed E-state index contributed by atoms with van der Waals surface area (Å²) in [6.45, 7) is 2.17. The topological polar surface area (TPSA) is 35.5 Å². The van der Waals surface area contributed by atoms with E-state index in [0.717, 1.165) is 106 Å². The molecule has 64 heavy (non-hydrogen) atoms. The van der Waals surface area contributed by atoms with Gasteiger partial charge in [-0.3, -0.25) is 0 Å². The quantitative estimate of drug-likeness (QED) is 0.178. The van der Waals surface area contributed by atoms with Gasteiger partial charge in [-0.05, 0) is 109 Å². The Balaban J connectivity index is 1.04. The number of aromatic nitrogens is 2. The molecule has 0 unspecified atom stereocenters. The first-order valence-corrected chi connectivity index (χ1v) is 21.8. The summed E-state index contributed by atoms with van der Waals surface area (Å²) >= 11 is 0. The zero-order chi connectivity index (χ0) is 42.3. The number of hydrogen-bond donors (Lipinski definition) is 0. The van der Waals surface area contributed by atoms with E-state index in [1.165, 1.54) is 16.5 Å². The first-order valence-electron chi connectivity index (χ1n) is 21.8. The third-order valence-electron chi connectivity index (χ3n) is 12.8. The lowest BCUT2D eigenvalue weighted by Crippen LogP contribution is -2.11. The normalized spacial score (nSPS) is 12.5. The summed E-state index contributed by atoms with van der Waals surface area (Å²) in [5, 5.41) is 4.39. The van der Waals surface area contributed by atoms with E-state index >= 15 is 0 Å². The van der Waals surface area contributed by atoms with Crippen LogP contribution in [0.15, 0.2) is 211 Å². The minimum atomic E-state index is 0.801. The standard InChI is InChI=1S/C59H39N3O2/c1-38-35-41-28-27-40-16-6-14-26-54(40)63-55(41)32-29-39-15-5-10-22-50(39)60(38)43-30-33-56-48(36-43)49-37-44(31-34-57(49)64-56)62-52-24-12-8-20-46(52)58-45-19-7-11-23-51(45)61(42-17-3-2-4-18-42)53-25-13-9-21-47(53)59(58)62/h2-37H,1H3. The summed E-state index contributed by atoms with van der Waals surface area (Å²) in [6.07, 6.45) is 4.29. The number of nitrogens with zero attached hydrogens (tertiary/aromatic N) is 3. The molecule has 0 saturated carbocycles. The van der Waals surface area contributed by atoms with Gasteiger partial charge in [0.25, 0.3) is 0 Å². The van der Waals surface area contributed by atoms with Crippen molar-refractivity contribution in [3.8, 4) is 45.3 Å². The maximum absolute atomic E-state index is 6.64. The second-order valence-electron chi connectivity index (χ2n) is 16.6. The molecule has 0 fully saturated rings. The van der Waals surface area contributed by atoms with Crippen molar-refractivity contribution in [2.75, 3.05) is 4.90 Å². The molecule has 0 atom stereocenters. The van der Waals surface area contributed by atoms with Gasteiger partial charge in [-0.1, -0.05) is 121 Å². The fourth-order valence-corrected chi connectivity index (χ4v) is 10.0. The van der Waals surface area contributed by atoms with E-state index in [0.29, 0.717) is 0 Å². The largest absolute Gasteiger partial charge is 0.456 e. The Labute approximate surface area is 369 Å². The molecule has 0 aliphatic carbocycles. The van der Waals surface area contributed by atoms with E-state index in [4.69, 9.17) is 9.15 Å². The Morgan fingerprint density at radius 2 is 1.02 bits per heavy atom. The van der Waals surface area contributed by atoms with E-state index < -0.39 is 0 Å². The highest BCUT2D eigenvalue weighted by atomic mass is 16.5. The van der Waals surface area contributed by atoms with Gasteiger partial charge in [-0.15, -0.1) is 0 Å². The molecule has 0 bridgehead atoms. The number of hydrogen-bond acceptors (Lipinski definition) is 3. The van der Waals surface area contributed by atoms with Crippen molar-refractivity contribution in [3.05, 3.63) is 223 Å². The molecule has 0 N–H and O–H groups in total. The maximum Gasteiger partial charge on any atom is 0.135 e. The Bertz CT molecular complexity index is 3790. The van der Waals surface area contributed by atoms with Crippen molar-refractivity contribution in [1.29, 1.82) is 0 Å². The van der Waals surface area contributed by atoms with Gasteiger partial charge in [0.2, 0.25) is 0 Å². The van der Waals surface area contributed by atoms with Crippen LogP contribution in [0.2, 0.25) is 0 Å². The maximum atomic E-state index is 6.64. The van der Waals surface area contributed by atoms with Crippen LogP contribution in [-0.2, 0) is 0 Å². The lowest BCUT2D eigenvalue weighted by Gasteiger charge is -2.27. The average Bonchev–Trinajstić information content (AvgIpc) is 3.79. The predicted octanol–water partition coefficient (Wildman–Crippen LogP) is 16.3. The SMILES string of the molecule is Cc1cc2c(ccc3ccccc3n1-c1ccc3oc4ccc(-n5c6c(c7ccccc75)-c5ccccc5N(c5ccccc5)c5ccccc5-6)cc4c3c1)Oc1ccccc1C=C2. The number of fused-ring (bicyclic) bond motifs is 13. The predicted molar refractivity (Wildman–Crippen MR) is 264 cm³/mol. The van der Waals surface area contributed by atoms with Gasteiger partial charge in [-0.2, -0.15) is 0 Å². The van der Waals surface area contributed by atoms with Crippen LogP contribution < -0.4 is 9.64 Å². The number of rotatable bonds is 3. The number of benzene rings is 8. The van der Waals surface area contributed by atoms with Gasteiger partial charge in [0.15, 0.2) is 0 Å². The highest BCUT2D eigenvalue weighted by Gasteiger charge is 2.31. The summed E-state index contributed by atoms with van der Waals surface area (Å²) < 4.78 is 18.0. The van der Waals surface area contributed by atoms with Crippen LogP contribution in [0.3, 0.4) is 0 Å². The molecule has 2 aliphatic heterocycles. The first kappa shape index (κ1) is 36.1. The number of furan rings is 1. The van der Waals surface area contributed by atoms with E-state index in [1.807, 2.05) is 18.2 Å². The molecule has 3 aromatic heterocycles. The van der Waals surface area contributed by atoms with Gasteiger partial charge < -0.3 is 23.2 Å². The van der Waals surface area contributed by atoms with Crippen LogP contribution in [-0.4, -0.2) is 9.13 Å². The first-order chi connectivity index (χ1) is 31.7. The zero-order valence-electron chi connectivity index (χ0n) is 34.9. The number of aryl methyl sites for hydroxylation is 1. The van der Waals surface area contributed by atoms with E-state index in [9.17, 15) is 0 Å². The molecular weight excluding hydrogens is 783 g/mol. The van der Waals surface area contributed by atoms with E-state index in [1.54, 1.807) is 0 Å². The third kappa shape index (κ3) is 5.57. The molecule has 5 heterocycles. The molecule has 0 radical (unpaired) electrons. The minimum Gasteiger partial charge on any atom is -0.456 e. The lowest BCUT2D eigenvalue weighted by molar-refractivity contribution is 0.482. The third-order valence-corrected chi connectivity index (χ3v) is 12.8. The molecule has 8 aromatic carbocycles. The molecule has 2 aliphatic rings. The molecule has 13 rings (SSSR count). The average molecular weight is 822 g/mol. The monoisotopic (exact) mass is 821 g/mol. The molecule has 0 amide bonds. The Kier molecular flexibility index (Phi) is 8.06. The summed E-state index contributed by atoms with van der Waals surface area (Å²) in [5.41, 5.74) is 17.2. The molecule has 302 valence electrons. The smallest absolute Gasteiger partial charge is 0.135 e. The van der Waals surface area contributed by atoms with Crippen molar-refractivity contribution in [1.82, 2.24) is 9.13 Å². The summed E-state index contributed by atoms with van der Waals surface area (Å²) in [6, 6.07) is 73.5. The van der Waals surface area contributed by atoms with Crippen molar-refractivity contribution in [3.63, 3.8) is 0 Å². The minimum absolute atomic E-state index is 0.801. The number of para-hydroxylation sites is 6. The van der Waals surface area contributed by atoms with Crippen LogP contribution >= 0.6 is 0 Å². The molecule has 5 heteroatoms. The Morgan fingerprint density at radius 1 is 0.406 bits per heavy atom. The number of ether oxygens (including phenoxy) is 1. The Hall–Kier alpha value is -8.54. The highest BCUT2D eigenvalue weighted by Crippen LogP contribution is 2.54. The van der Waals surface area contributed by atoms with Gasteiger partial charge in [0.05, 0.1) is 28.1 Å². The Morgan fingerprint density at radius 3 is 1.83 bits per heavy atom. The van der Waals surface area contributed by atoms with Crippen molar-refractivity contribution in [2.45, 2.75) is 6.92 Å². The van der Waals surface area contributed by atoms with Crippen LogP contribution in [0.25, 0.3) is 89.7 Å². The highest BCUT2D eigenvalue weighted by molar-refractivity contribution is 6.13. The number of anilines is 3. The van der Waals surface area contributed by atoms with Crippen molar-refractivity contribution < 1.29 is 9.15 Å². The summed E-state index contributed by atoms with van der Waals surface area (Å²) in [7, 11) is 0. The van der Waals surface area contributed by atoms with Crippen LogP contribution in [0.4, 0.5) is 17.1 Å². The fraction of sp³-hybridized carbons (Fsp3) is 0.0169. The zero-order valence-corrected chi connectivity index (χ0v) is 34.9. The van der Waals surface area contributed by atoms with E-state index in [-0.39, 0.29) is 0 Å². The van der Waals surface area contributed by atoms with Gasteiger partial charge in [0, 0.05) is 66.7 Å².